The normalized spacial score (nSPS) is 15.7. The first-order chi connectivity index (χ1) is 10.7. The van der Waals surface area contributed by atoms with Gasteiger partial charge in [-0.25, -0.2) is 4.98 Å². The van der Waals surface area contributed by atoms with Crippen LogP contribution in [-0.4, -0.2) is 25.1 Å². The number of aromatic nitrogens is 1. The van der Waals surface area contributed by atoms with Crippen LogP contribution in [-0.2, 0) is 4.79 Å². The molecule has 5 nitrogen and oxygen atoms in total. The third kappa shape index (κ3) is 3.02. The van der Waals surface area contributed by atoms with E-state index in [2.05, 4.69) is 10.3 Å². The first kappa shape index (κ1) is 15.1. The van der Waals surface area contributed by atoms with E-state index in [4.69, 9.17) is 9.47 Å². The Kier molecular flexibility index (Phi) is 4.47. The molecule has 0 saturated heterocycles. The lowest BCUT2D eigenvalue weighted by molar-refractivity contribution is -0.120. The number of amides is 1. The molecule has 0 atom stereocenters. The maximum atomic E-state index is 12.3. The number of hydrogen-bond donors (Lipinski definition) is 1. The van der Waals surface area contributed by atoms with E-state index in [0.717, 1.165) is 35.9 Å². The highest BCUT2D eigenvalue weighted by atomic mass is 32.1. The van der Waals surface area contributed by atoms with E-state index in [0.29, 0.717) is 16.6 Å². The van der Waals surface area contributed by atoms with Gasteiger partial charge in [-0.15, -0.1) is 0 Å². The SMILES string of the molecule is COc1cc2nc(NC(=O)C3CCCCC3)sc2cc1OC. The van der Waals surface area contributed by atoms with E-state index in [1.54, 1.807) is 14.2 Å². The van der Waals surface area contributed by atoms with Gasteiger partial charge in [0.15, 0.2) is 16.6 Å². The Bertz CT molecular complexity index is 636. The Balaban J connectivity index is 1.80. The number of fused-ring (bicyclic) bond motifs is 1. The number of anilines is 1. The molecule has 3 rings (SSSR count). The van der Waals surface area contributed by atoms with Gasteiger partial charge in [0.25, 0.3) is 0 Å². The molecule has 1 saturated carbocycles. The van der Waals surface area contributed by atoms with Gasteiger partial charge in [0.1, 0.15) is 0 Å². The first-order valence-electron chi connectivity index (χ1n) is 7.54. The van der Waals surface area contributed by atoms with Crippen molar-refractivity contribution in [3.05, 3.63) is 12.1 Å². The van der Waals surface area contributed by atoms with Crippen molar-refractivity contribution in [1.29, 1.82) is 0 Å². The largest absolute Gasteiger partial charge is 0.493 e. The van der Waals surface area contributed by atoms with Crippen LogP contribution in [0.2, 0.25) is 0 Å². The number of nitrogens with zero attached hydrogens (tertiary/aromatic N) is 1. The van der Waals surface area contributed by atoms with Crippen LogP contribution in [0.25, 0.3) is 10.2 Å². The molecule has 1 aliphatic rings. The molecule has 0 radical (unpaired) electrons. The number of ether oxygens (including phenoxy) is 2. The topological polar surface area (TPSA) is 60.5 Å². The first-order valence-corrected chi connectivity index (χ1v) is 8.36. The van der Waals surface area contributed by atoms with Gasteiger partial charge >= 0.3 is 0 Å². The minimum Gasteiger partial charge on any atom is -0.493 e. The zero-order chi connectivity index (χ0) is 15.5. The molecule has 1 aromatic heterocycles. The molecule has 118 valence electrons. The van der Waals surface area contributed by atoms with Crippen molar-refractivity contribution in [1.82, 2.24) is 4.98 Å². The van der Waals surface area contributed by atoms with Gasteiger partial charge in [0.2, 0.25) is 5.91 Å². The molecule has 1 fully saturated rings. The molecule has 2 aromatic rings. The van der Waals surface area contributed by atoms with Gasteiger partial charge in [-0.3, -0.25) is 4.79 Å². The summed E-state index contributed by atoms with van der Waals surface area (Å²) < 4.78 is 11.5. The van der Waals surface area contributed by atoms with Gasteiger partial charge < -0.3 is 14.8 Å². The van der Waals surface area contributed by atoms with Crippen LogP contribution < -0.4 is 14.8 Å². The lowest BCUT2D eigenvalue weighted by Gasteiger charge is -2.19. The van der Waals surface area contributed by atoms with Crippen LogP contribution in [0.1, 0.15) is 32.1 Å². The smallest absolute Gasteiger partial charge is 0.229 e. The fraction of sp³-hybridized carbons (Fsp3) is 0.500. The zero-order valence-electron chi connectivity index (χ0n) is 12.8. The Hall–Kier alpha value is -1.82. The van der Waals surface area contributed by atoms with Crippen molar-refractivity contribution in [2.75, 3.05) is 19.5 Å². The second kappa shape index (κ2) is 6.52. The zero-order valence-corrected chi connectivity index (χ0v) is 13.7. The van der Waals surface area contributed by atoms with Crippen LogP contribution in [0, 0.1) is 5.92 Å². The molecule has 1 N–H and O–H groups in total. The van der Waals surface area contributed by atoms with Gasteiger partial charge in [0.05, 0.1) is 24.4 Å². The Morgan fingerprint density at radius 2 is 1.86 bits per heavy atom. The molecule has 1 amide bonds. The second-order valence-corrected chi connectivity index (χ2v) is 6.55. The van der Waals surface area contributed by atoms with E-state index in [1.165, 1.54) is 17.8 Å². The molecular weight excluding hydrogens is 300 g/mol. The highest BCUT2D eigenvalue weighted by Crippen LogP contribution is 2.36. The maximum absolute atomic E-state index is 12.3. The van der Waals surface area contributed by atoms with E-state index < -0.39 is 0 Å². The Morgan fingerprint density at radius 1 is 1.18 bits per heavy atom. The summed E-state index contributed by atoms with van der Waals surface area (Å²) in [6, 6.07) is 3.73. The van der Waals surface area contributed by atoms with Gasteiger partial charge in [-0.05, 0) is 12.8 Å². The molecule has 6 heteroatoms. The average molecular weight is 320 g/mol. The number of thiazole rings is 1. The van der Waals surface area contributed by atoms with E-state index in [9.17, 15) is 4.79 Å². The summed E-state index contributed by atoms with van der Waals surface area (Å²) in [4.78, 5) is 16.8. The van der Waals surface area contributed by atoms with Crippen molar-refractivity contribution in [2.24, 2.45) is 5.92 Å². The molecular formula is C16H20N2O3S. The molecule has 1 aromatic carbocycles. The monoisotopic (exact) mass is 320 g/mol. The van der Waals surface area contributed by atoms with E-state index >= 15 is 0 Å². The summed E-state index contributed by atoms with van der Waals surface area (Å²) in [7, 11) is 3.21. The number of methoxy groups -OCH3 is 2. The van der Waals surface area contributed by atoms with Crippen molar-refractivity contribution in [3.8, 4) is 11.5 Å². The van der Waals surface area contributed by atoms with E-state index in [-0.39, 0.29) is 11.8 Å². The number of rotatable bonds is 4. The molecule has 22 heavy (non-hydrogen) atoms. The van der Waals surface area contributed by atoms with Crippen LogP contribution in [0.4, 0.5) is 5.13 Å². The molecule has 0 unspecified atom stereocenters. The lowest BCUT2D eigenvalue weighted by Crippen LogP contribution is -2.24. The summed E-state index contributed by atoms with van der Waals surface area (Å²) in [6.45, 7) is 0. The van der Waals surface area contributed by atoms with Gasteiger partial charge in [-0.2, -0.15) is 0 Å². The molecule has 1 aliphatic carbocycles. The van der Waals surface area contributed by atoms with Crippen LogP contribution in [0.5, 0.6) is 11.5 Å². The molecule has 1 heterocycles. The van der Waals surface area contributed by atoms with Crippen molar-refractivity contribution in [3.63, 3.8) is 0 Å². The van der Waals surface area contributed by atoms with Gasteiger partial charge in [0, 0.05) is 18.1 Å². The summed E-state index contributed by atoms with van der Waals surface area (Å²) in [5, 5.41) is 3.60. The number of nitrogens with one attached hydrogen (secondary N) is 1. The Labute approximate surface area is 133 Å². The van der Waals surface area contributed by atoms with Crippen LogP contribution in [0.15, 0.2) is 12.1 Å². The predicted octanol–water partition coefficient (Wildman–Crippen LogP) is 3.83. The molecule has 0 bridgehead atoms. The Morgan fingerprint density at radius 3 is 2.55 bits per heavy atom. The summed E-state index contributed by atoms with van der Waals surface area (Å²) in [5.74, 6) is 1.54. The van der Waals surface area contributed by atoms with Gasteiger partial charge in [-0.1, -0.05) is 30.6 Å². The standard InChI is InChI=1S/C16H20N2O3S/c1-20-12-8-11-14(9-13(12)21-2)22-16(17-11)18-15(19)10-6-4-3-5-7-10/h8-10H,3-7H2,1-2H3,(H,17,18,19). The predicted molar refractivity (Wildman–Crippen MR) is 87.9 cm³/mol. The summed E-state index contributed by atoms with van der Waals surface area (Å²) in [6.07, 6.45) is 5.50. The molecule has 0 spiro atoms. The van der Waals surface area contributed by atoms with Crippen LogP contribution in [0.3, 0.4) is 0 Å². The number of hydrogen-bond acceptors (Lipinski definition) is 5. The third-order valence-electron chi connectivity index (χ3n) is 4.10. The summed E-state index contributed by atoms with van der Waals surface area (Å²) >= 11 is 1.46. The van der Waals surface area contributed by atoms with Crippen molar-refractivity contribution >= 4 is 32.6 Å². The third-order valence-corrected chi connectivity index (χ3v) is 5.03. The van der Waals surface area contributed by atoms with E-state index in [1.807, 2.05) is 12.1 Å². The van der Waals surface area contributed by atoms with Crippen molar-refractivity contribution < 1.29 is 14.3 Å². The minimum atomic E-state index is 0.0951. The second-order valence-electron chi connectivity index (χ2n) is 5.52. The quantitative estimate of drug-likeness (QED) is 0.930. The summed E-state index contributed by atoms with van der Waals surface area (Å²) in [5.41, 5.74) is 0.807. The maximum Gasteiger partial charge on any atom is 0.229 e. The van der Waals surface area contributed by atoms with Crippen molar-refractivity contribution in [2.45, 2.75) is 32.1 Å². The fourth-order valence-electron chi connectivity index (χ4n) is 2.88. The minimum absolute atomic E-state index is 0.0951. The molecule has 0 aliphatic heterocycles. The number of carbonyl (C=O) groups excluding carboxylic acids is 1. The number of carbonyl (C=O) groups is 1. The lowest BCUT2D eigenvalue weighted by atomic mass is 9.89. The van der Waals surface area contributed by atoms with Crippen LogP contribution >= 0.6 is 11.3 Å². The highest BCUT2D eigenvalue weighted by molar-refractivity contribution is 7.22. The highest BCUT2D eigenvalue weighted by Gasteiger charge is 2.22. The fourth-order valence-corrected chi connectivity index (χ4v) is 3.76. The average Bonchev–Trinajstić information content (AvgIpc) is 2.95. The number of benzene rings is 1.